The lowest BCUT2D eigenvalue weighted by atomic mass is 9.92. The van der Waals surface area contributed by atoms with Crippen molar-refractivity contribution in [1.82, 2.24) is 5.01 Å². The van der Waals surface area contributed by atoms with Crippen LogP contribution < -0.4 is 14.2 Å². The summed E-state index contributed by atoms with van der Waals surface area (Å²) >= 11 is 3.57. The van der Waals surface area contributed by atoms with Crippen LogP contribution in [0.1, 0.15) is 36.1 Å². The van der Waals surface area contributed by atoms with Gasteiger partial charge in [0.2, 0.25) is 5.72 Å². The summed E-state index contributed by atoms with van der Waals surface area (Å²) in [4.78, 5) is 10.8. The molecule has 0 fully saturated rings. The van der Waals surface area contributed by atoms with Crippen LogP contribution in [0.4, 0.5) is 5.69 Å². The second-order valence-corrected chi connectivity index (χ2v) is 9.17. The predicted molar refractivity (Wildman–Crippen MR) is 130 cm³/mol. The summed E-state index contributed by atoms with van der Waals surface area (Å²) in [6.45, 7) is 1.94. The zero-order valence-electron chi connectivity index (χ0n) is 18.8. The van der Waals surface area contributed by atoms with E-state index in [1.165, 1.54) is 12.1 Å². The highest BCUT2D eigenvalue weighted by atomic mass is 79.9. The molecule has 0 radical (unpaired) electrons. The molecular formula is C25H22BrN3O5. The first-order chi connectivity index (χ1) is 16.3. The molecule has 174 valence electrons. The van der Waals surface area contributed by atoms with Gasteiger partial charge in [-0.1, -0.05) is 15.9 Å². The Morgan fingerprint density at radius 2 is 1.82 bits per heavy atom. The zero-order chi connectivity index (χ0) is 24.0. The van der Waals surface area contributed by atoms with Gasteiger partial charge >= 0.3 is 0 Å². The lowest BCUT2D eigenvalue weighted by Gasteiger charge is -2.46. The lowest BCUT2D eigenvalue weighted by Crippen LogP contribution is -2.48. The number of non-ortho nitro benzene ring substituents is 1. The van der Waals surface area contributed by atoms with Crippen LogP contribution in [0.2, 0.25) is 0 Å². The molecule has 0 saturated carbocycles. The van der Waals surface area contributed by atoms with Gasteiger partial charge in [0, 0.05) is 46.6 Å². The molecule has 0 aliphatic carbocycles. The Bertz CT molecular complexity index is 1310. The van der Waals surface area contributed by atoms with E-state index in [4.69, 9.17) is 19.3 Å². The molecule has 3 aromatic carbocycles. The van der Waals surface area contributed by atoms with Crippen LogP contribution in [0.25, 0.3) is 0 Å². The fraction of sp³-hybridized carbons (Fsp3) is 0.240. The summed E-state index contributed by atoms with van der Waals surface area (Å²) in [5, 5.41) is 18.1. The summed E-state index contributed by atoms with van der Waals surface area (Å²) in [5.74, 6) is 2.04. The maximum Gasteiger partial charge on any atom is 0.269 e. The summed E-state index contributed by atoms with van der Waals surface area (Å²) in [6.07, 6.45) is 0.658. The van der Waals surface area contributed by atoms with Crippen molar-refractivity contribution in [3.05, 3.63) is 91.9 Å². The minimum atomic E-state index is -0.959. The minimum Gasteiger partial charge on any atom is -0.493 e. The van der Waals surface area contributed by atoms with Gasteiger partial charge in [-0.15, -0.1) is 0 Å². The van der Waals surface area contributed by atoms with E-state index < -0.39 is 10.6 Å². The molecule has 0 amide bonds. The molecule has 2 aliphatic heterocycles. The first kappa shape index (κ1) is 22.2. The van der Waals surface area contributed by atoms with Crippen LogP contribution in [0, 0.1) is 10.1 Å². The number of benzene rings is 3. The average Bonchev–Trinajstić information content (AvgIpc) is 3.31. The highest BCUT2D eigenvalue weighted by molar-refractivity contribution is 9.10. The lowest BCUT2D eigenvalue weighted by molar-refractivity contribution is -0.384. The Hall–Kier alpha value is -3.59. The number of hydrogen-bond acceptors (Lipinski definition) is 7. The van der Waals surface area contributed by atoms with Crippen LogP contribution in [0.15, 0.2) is 70.2 Å². The summed E-state index contributed by atoms with van der Waals surface area (Å²) in [7, 11) is 3.21. The summed E-state index contributed by atoms with van der Waals surface area (Å²) in [5.41, 5.74) is 2.67. The van der Waals surface area contributed by atoms with Gasteiger partial charge in [-0.05, 0) is 48.5 Å². The molecule has 5 rings (SSSR count). The number of halogens is 1. The number of nitrogens with zero attached hydrogens (tertiary/aromatic N) is 3. The molecule has 0 N–H and O–H groups in total. The molecule has 0 saturated heterocycles. The third kappa shape index (κ3) is 3.56. The zero-order valence-corrected chi connectivity index (χ0v) is 20.4. The highest BCUT2D eigenvalue weighted by Crippen LogP contribution is 2.51. The van der Waals surface area contributed by atoms with Crippen molar-refractivity contribution in [2.45, 2.75) is 25.1 Å². The number of nitro groups is 1. The van der Waals surface area contributed by atoms with Crippen LogP contribution in [0.5, 0.6) is 17.2 Å². The molecular weight excluding hydrogens is 502 g/mol. The Balaban J connectivity index is 1.62. The van der Waals surface area contributed by atoms with Crippen molar-refractivity contribution in [3.63, 3.8) is 0 Å². The number of methoxy groups -OCH3 is 2. The fourth-order valence-corrected chi connectivity index (χ4v) is 4.93. The Kier molecular flexibility index (Phi) is 5.44. The number of hydrazone groups is 1. The van der Waals surface area contributed by atoms with Gasteiger partial charge in [0.05, 0.1) is 30.9 Å². The summed E-state index contributed by atoms with van der Waals surface area (Å²) in [6, 6.07) is 18.0. The molecule has 34 heavy (non-hydrogen) atoms. The van der Waals surface area contributed by atoms with E-state index in [-0.39, 0.29) is 11.7 Å². The number of nitro benzene ring substituents is 1. The van der Waals surface area contributed by atoms with Gasteiger partial charge in [-0.3, -0.25) is 10.1 Å². The third-order valence-corrected chi connectivity index (χ3v) is 6.81. The SMILES string of the molecule is COc1ccc(C2=NN3[C@H](C2)c2cc(Br)ccc2O[C@]3(C)c2ccc([N+](=O)[O-])cc2)cc1OC. The second kappa shape index (κ2) is 8.32. The first-order valence-electron chi connectivity index (χ1n) is 10.7. The van der Waals surface area contributed by atoms with Gasteiger partial charge in [0.15, 0.2) is 11.5 Å². The van der Waals surface area contributed by atoms with Crippen molar-refractivity contribution in [1.29, 1.82) is 0 Å². The molecule has 9 heteroatoms. The van der Waals surface area contributed by atoms with E-state index >= 15 is 0 Å². The maximum atomic E-state index is 11.2. The Morgan fingerprint density at radius 3 is 2.50 bits per heavy atom. The van der Waals surface area contributed by atoms with Gasteiger partial charge < -0.3 is 14.2 Å². The minimum absolute atomic E-state index is 0.0278. The van der Waals surface area contributed by atoms with Crippen molar-refractivity contribution in [2.75, 3.05) is 14.2 Å². The molecule has 0 bridgehead atoms. The highest BCUT2D eigenvalue weighted by Gasteiger charge is 2.49. The van der Waals surface area contributed by atoms with Crippen molar-refractivity contribution < 1.29 is 19.1 Å². The molecule has 0 unspecified atom stereocenters. The molecule has 0 aromatic heterocycles. The molecule has 2 heterocycles. The topological polar surface area (TPSA) is 86.4 Å². The largest absolute Gasteiger partial charge is 0.493 e. The maximum absolute atomic E-state index is 11.2. The predicted octanol–water partition coefficient (Wildman–Crippen LogP) is 5.79. The molecule has 2 atom stereocenters. The van der Waals surface area contributed by atoms with Gasteiger partial charge in [-0.2, -0.15) is 5.10 Å². The van der Waals surface area contributed by atoms with Crippen molar-refractivity contribution in [3.8, 4) is 17.2 Å². The number of ether oxygens (including phenoxy) is 3. The fourth-order valence-electron chi connectivity index (χ4n) is 4.55. The van der Waals surface area contributed by atoms with Gasteiger partial charge in [0.1, 0.15) is 5.75 Å². The van der Waals surface area contributed by atoms with E-state index in [1.807, 2.05) is 42.3 Å². The van der Waals surface area contributed by atoms with Gasteiger partial charge in [-0.25, -0.2) is 5.01 Å². The van der Waals surface area contributed by atoms with E-state index in [0.29, 0.717) is 17.9 Å². The number of hydrogen-bond donors (Lipinski definition) is 0. The molecule has 8 nitrogen and oxygen atoms in total. The van der Waals surface area contributed by atoms with Crippen LogP contribution in [-0.2, 0) is 5.72 Å². The smallest absolute Gasteiger partial charge is 0.269 e. The molecule has 3 aromatic rings. The van der Waals surface area contributed by atoms with Crippen LogP contribution in [-0.4, -0.2) is 29.9 Å². The second-order valence-electron chi connectivity index (χ2n) is 8.25. The monoisotopic (exact) mass is 523 g/mol. The van der Waals surface area contributed by atoms with Gasteiger partial charge in [0.25, 0.3) is 5.69 Å². The van der Waals surface area contributed by atoms with E-state index in [0.717, 1.165) is 32.6 Å². The normalized spacial score (nSPS) is 20.6. The Morgan fingerprint density at radius 1 is 1.09 bits per heavy atom. The molecule has 0 spiro atoms. The van der Waals surface area contributed by atoms with E-state index in [9.17, 15) is 10.1 Å². The Labute approximate surface area is 205 Å². The standard InChI is InChI=1S/C25H22BrN3O5/c1-25(16-5-8-18(9-6-16)29(30)31)28-21(19-13-17(26)7-11-22(19)34-25)14-20(27-28)15-4-10-23(32-2)24(12-15)33-3/h4-13,21H,14H2,1-3H3/t21-,25-/m1/s1. The van der Waals surface area contributed by atoms with Crippen LogP contribution in [0.3, 0.4) is 0 Å². The number of rotatable bonds is 5. The van der Waals surface area contributed by atoms with Crippen LogP contribution >= 0.6 is 15.9 Å². The average molecular weight is 524 g/mol. The quantitative estimate of drug-likeness (QED) is 0.310. The summed E-state index contributed by atoms with van der Waals surface area (Å²) < 4.78 is 18.3. The van der Waals surface area contributed by atoms with E-state index in [2.05, 4.69) is 22.0 Å². The van der Waals surface area contributed by atoms with Crippen molar-refractivity contribution >= 4 is 27.3 Å². The van der Waals surface area contributed by atoms with Crippen molar-refractivity contribution in [2.24, 2.45) is 5.10 Å². The first-order valence-corrected chi connectivity index (χ1v) is 11.5. The van der Waals surface area contributed by atoms with E-state index in [1.54, 1.807) is 26.4 Å². The molecule has 2 aliphatic rings. The third-order valence-electron chi connectivity index (χ3n) is 6.32. The number of fused-ring (bicyclic) bond motifs is 3.